The van der Waals surface area contributed by atoms with E-state index in [-0.39, 0.29) is 16.9 Å². The van der Waals surface area contributed by atoms with Gasteiger partial charge in [-0.25, -0.2) is 8.42 Å². The zero-order valence-corrected chi connectivity index (χ0v) is 20.9. The van der Waals surface area contributed by atoms with Gasteiger partial charge in [-0.1, -0.05) is 92.2 Å². The Balaban J connectivity index is 1.95. The zero-order chi connectivity index (χ0) is 24.6. The van der Waals surface area contributed by atoms with Gasteiger partial charge in [0.1, 0.15) is 6.04 Å². The topological polar surface area (TPSA) is 73.2 Å². The van der Waals surface area contributed by atoms with Gasteiger partial charge in [0.25, 0.3) is 0 Å². The van der Waals surface area contributed by atoms with Crippen molar-refractivity contribution in [1.82, 2.24) is 9.62 Å². The smallest absolute Gasteiger partial charge is 0.241 e. The normalized spacial score (nSPS) is 13.5. The summed E-state index contributed by atoms with van der Waals surface area (Å²) in [6, 6.07) is 27.9. The molecule has 0 saturated carbocycles. The van der Waals surface area contributed by atoms with Gasteiger partial charge in [-0.15, -0.1) is 0 Å². The Hall–Kier alpha value is -2.98. The van der Waals surface area contributed by atoms with E-state index in [1.165, 1.54) is 0 Å². The van der Waals surface area contributed by atoms with Crippen molar-refractivity contribution in [3.8, 4) is 6.07 Å². The fourth-order valence-corrected chi connectivity index (χ4v) is 5.22. The summed E-state index contributed by atoms with van der Waals surface area (Å²) >= 11 is 0. The lowest BCUT2D eigenvalue weighted by Gasteiger charge is -2.36. The molecule has 6 heteroatoms. The predicted octanol–water partition coefficient (Wildman–Crippen LogP) is 5.28. The number of benzene rings is 3. The number of hydrogen-bond acceptors (Lipinski definition) is 4. The van der Waals surface area contributed by atoms with Crippen LogP contribution in [0.1, 0.15) is 37.0 Å². The molecular weight excluding hydrogens is 442 g/mol. The summed E-state index contributed by atoms with van der Waals surface area (Å²) < 4.78 is 29.0. The van der Waals surface area contributed by atoms with E-state index in [9.17, 15) is 13.7 Å². The van der Waals surface area contributed by atoms with Crippen LogP contribution in [0.2, 0.25) is 0 Å². The number of sulfonamides is 1. The lowest BCUT2D eigenvalue weighted by molar-refractivity contribution is 0.141. The molecule has 0 aliphatic carbocycles. The van der Waals surface area contributed by atoms with Gasteiger partial charge in [-0.05, 0) is 42.5 Å². The molecule has 3 aromatic rings. The SMILES string of the molecule is Cc1ccc(S(=O)(=O)NC(C#N)C(CC(C)C)N(Cc2ccccc2)Cc2ccccc2)cc1. The Labute approximate surface area is 204 Å². The van der Waals surface area contributed by atoms with E-state index in [0.29, 0.717) is 19.5 Å². The van der Waals surface area contributed by atoms with E-state index in [4.69, 9.17) is 0 Å². The third-order valence-corrected chi connectivity index (χ3v) is 7.23. The molecule has 178 valence electrons. The third kappa shape index (κ3) is 7.26. The Kier molecular flexibility index (Phi) is 9.00. The summed E-state index contributed by atoms with van der Waals surface area (Å²) in [6.45, 7) is 7.32. The van der Waals surface area contributed by atoms with Crippen LogP contribution < -0.4 is 4.72 Å². The van der Waals surface area contributed by atoms with Gasteiger partial charge < -0.3 is 0 Å². The largest absolute Gasteiger partial charge is 0.289 e. The van der Waals surface area contributed by atoms with Gasteiger partial charge in [0, 0.05) is 19.1 Å². The summed E-state index contributed by atoms with van der Waals surface area (Å²) in [5.41, 5.74) is 3.21. The Morgan fingerprint density at radius 3 is 1.79 bits per heavy atom. The van der Waals surface area contributed by atoms with Crippen LogP contribution in [-0.4, -0.2) is 25.4 Å². The Morgan fingerprint density at radius 1 is 0.853 bits per heavy atom. The molecule has 0 spiro atoms. The van der Waals surface area contributed by atoms with Crippen molar-refractivity contribution in [3.05, 3.63) is 102 Å². The van der Waals surface area contributed by atoms with Crippen LogP contribution in [-0.2, 0) is 23.1 Å². The number of hydrogen-bond donors (Lipinski definition) is 1. The lowest BCUT2D eigenvalue weighted by atomic mass is 9.95. The summed E-state index contributed by atoms with van der Waals surface area (Å²) in [5.74, 6) is 0.277. The third-order valence-electron chi connectivity index (χ3n) is 5.78. The zero-order valence-electron chi connectivity index (χ0n) is 20.1. The number of aryl methyl sites for hydroxylation is 1. The summed E-state index contributed by atoms with van der Waals surface area (Å²) in [5, 5.41) is 10.1. The molecule has 0 amide bonds. The lowest BCUT2D eigenvalue weighted by Crippen LogP contribution is -2.51. The number of rotatable bonds is 11. The molecule has 2 atom stereocenters. The van der Waals surface area contributed by atoms with Crippen LogP contribution >= 0.6 is 0 Å². The van der Waals surface area contributed by atoms with Crippen LogP contribution in [0, 0.1) is 24.2 Å². The van der Waals surface area contributed by atoms with E-state index in [1.54, 1.807) is 24.3 Å². The van der Waals surface area contributed by atoms with Crippen molar-refractivity contribution >= 4 is 10.0 Å². The molecule has 0 heterocycles. The minimum atomic E-state index is -3.85. The van der Waals surface area contributed by atoms with Gasteiger partial charge in [0.15, 0.2) is 0 Å². The van der Waals surface area contributed by atoms with E-state index in [2.05, 4.69) is 53.8 Å². The number of nitrogens with zero attached hydrogens (tertiary/aromatic N) is 2. The Bertz CT molecular complexity index is 1130. The molecule has 0 bridgehead atoms. The molecule has 3 rings (SSSR count). The second kappa shape index (κ2) is 11.9. The van der Waals surface area contributed by atoms with Gasteiger partial charge in [0.05, 0.1) is 11.0 Å². The fourth-order valence-electron chi connectivity index (χ4n) is 4.05. The molecule has 0 radical (unpaired) electrons. The second-order valence-corrected chi connectivity index (χ2v) is 10.8. The number of nitrogens with one attached hydrogen (secondary N) is 1. The summed E-state index contributed by atoms with van der Waals surface area (Å²) in [6.07, 6.45) is 0.675. The fraction of sp³-hybridized carbons (Fsp3) is 0.321. The molecule has 0 fully saturated rings. The van der Waals surface area contributed by atoms with Crippen molar-refractivity contribution in [2.75, 3.05) is 0 Å². The highest BCUT2D eigenvalue weighted by Gasteiger charge is 2.32. The molecule has 5 nitrogen and oxygen atoms in total. The van der Waals surface area contributed by atoms with Crippen LogP contribution in [0.4, 0.5) is 0 Å². The predicted molar refractivity (Wildman–Crippen MR) is 136 cm³/mol. The molecule has 0 aromatic heterocycles. The highest BCUT2D eigenvalue weighted by Crippen LogP contribution is 2.22. The van der Waals surface area contributed by atoms with Gasteiger partial charge >= 0.3 is 0 Å². The second-order valence-electron chi connectivity index (χ2n) is 9.11. The first-order chi connectivity index (χ1) is 16.3. The van der Waals surface area contributed by atoms with E-state index in [1.807, 2.05) is 43.3 Å². The standard InChI is InChI=1S/C28H33N3O2S/c1-22(2)18-28(27(19-29)30-34(32,33)26-16-14-23(3)15-17-26)31(20-24-10-6-4-7-11-24)21-25-12-8-5-9-13-25/h4-17,22,27-28,30H,18,20-21H2,1-3H3. The molecule has 34 heavy (non-hydrogen) atoms. The van der Waals surface area contributed by atoms with Crippen LogP contribution in [0.25, 0.3) is 0 Å². The average molecular weight is 476 g/mol. The minimum Gasteiger partial charge on any atom is -0.289 e. The van der Waals surface area contributed by atoms with Gasteiger partial charge in [-0.3, -0.25) is 4.90 Å². The Morgan fingerprint density at radius 2 is 1.35 bits per heavy atom. The maximum Gasteiger partial charge on any atom is 0.241 e. The first-order valence-corrected chi connectivity index (χ1v) is 13.1. The molecular formula is C28H33N3O2S. The quantitative estimate of drug-likeness (QED) is 0.409. The summed E-state index contributed by atoms with van der Waals surface area (Å²) in [4.78, 5) is 2.38. The van der Waals surface area contributed by atoms with Crippen molar-refractivity contribution in [1.29, 1.82) is 5.26 Å². The van der Waals surface area contributed by atoms with Crippen LogP contribution in [0.15, 0.2) is 89.8 Å². The van der Waals surface area contributed by atoms with Crippen molar-refractivity contribution in [2.45, 2.75) is 57.3 Å². The molecule has 0 saturated heterocycles. The molecule has 0 aliphatic rings. The van der Waals surface area contributed by atoms with Crippen molar-refractivity contribution < 1.29 is 8.42 Å². The van der Waals surface area contributed by atoms with E-state index < -0.39 is 16.1 Å². The van der Waals surface area contributed by atoms with Crippen molar-refractivity contribution in [2.24, 2.45) is 5.92 Å². The maximum atomic E-state index is 13.2. The molecule has 3 aromatic carbocycles. The maximum absolute atomic E-state index is 13.2. The summed E-state index contributed by atoms with van der Waals surface area (Å²) in [7, 11) is -3.85. The molecule has 0 aliphatic heterocycles. The highest BCUT2D eigenvalue weighted by molar-refractivity contribution is 7.89. The van der Waals surface area contributed by atoms with Gasteiger partial charge in [0.2, 0.25) is 10.0 Å². The molecule has 2 unspecified atom stereocenters. The van der Waals surface area contributed by atoms with Crippen molar-refractivity contribution in [3.63, 3.8) is 0 Å². The van der Waals surface area contributed by atoms with Crippen LogP contribution in [0.3, 0.4) is 0 Å². The molecule has 1 N–H and O–H groups in total. The van der Waals surface area contributed by atoms with Crippen LogP contribution in [0.5, 0.6) is 0 Å². The first kappa shape index (κ1) is 25.6. The highest BCUT2D eigenvalue weighted by atomic mass is 32.2. The minimum absolute atomic E-state index is 0.166. The first-order valence-electron chi connectivity index (χ1n) is 11.6. The number of nitriles is 1. The average Bonchev–Trinajstić information content (AvgIpc) is 2.82. The van der Waals surface area contributed by atoms with Gasteiger partial charge in [-0.2, -0.15) is 9.98 Å². The van der Waals surface area contributed by atoms with E-state index in [0.717, 1.165) is 16.7 Å². The monoisotopic (exact) mass is 475 g/mol. The van der Waals surface area contributed by atoms with E-state index >= 15 is 0 Å².